The number of hydrogen-bond acceptors (Lipinski definition) is 5. The first-order chi connectivity index (χ1) is 13.9. The second kappa shape index (κ2) is 7.86. The van der Waals surface area contributed by atoms with Crippen molar-refractivity contribution < 1.29 is 24.2 Å². The first kappa shape index (κ1) is 20.0. The highest BCUT2D eigenvalue weighted by Crippen LogP contribution is 2.45. The van der Waals surface area contributed by atoms with Gasteiger partial charge in [-0.1, -0.05) is 23.2 Å². The molecule has 0 aliphatic carbocycles. The van der Waals surface area contributed by atoms with Gasteiger partial charge in [0.1, 0.15) is 18.0 Å². The Morgan fingerprint density at radius 2 is 1.90 bits per heavy atom. The van der Waals surface area contributed by atoms with Gasteiger partial charge < -0.3 is 19.5 Å². The Bertz CT molecular complexity index is 970. The highest BCUT2D eigenvalue weighted by atomic mass is 35.5. The van der Waals surface area contributed by atoms with Crippen molar-refractivity contribution >= 4 is 35.1 Å². The number of ether oxygens (including phenoxy) is 2. The van der Waals surface area contributed by atoms with Crippen molar-refractivity contribution in [2.45, 2.75) is 18.4 Å². The summed E-state index contributed by atoms with van der Waals surface area (Å²) in [4.78, 5) is 26.9. The number of rotatable bonds is 4. The van der Waals surface area contributed by atoms with E-state index in [1.165, 1.54) is 0 Å². The first-order valence-electron chi connectivity index (χ1n) is 9.29. The molecule has 1 saturated heterocycles. The van der Waals surface area contributed by atoms with Crippen molar-refractivity contribution in [3.63, 3.8) is 0 Å². The molecule has 0 atom stereocenters. The van der Waals surface area contributed by atoms with Gasteiger partial charge in [0.05, 0.1) is 22.2 Å². The molecule has 0 saturated carbocycles. The summed E-state index contributed by atoms with van der Waals surface area (Å²) < 4.78 is 11.3. The third-order valence-electron chi connectivity index (χ3n) is 5.37. The van der Waals surface area contributed by atoms with Gasteiger partial charge in [0.2, 0.25) is 0 Å². The van der Waals surface area contributed by atoms with Crippen molar-refractivity contribution in [3.8, 4) is 5.75 Å². The molecule has 2 aromatic carbocycles. The molecule has 2 heterocycles. The van der Waals surface area contributed by atoms with Crippen LogP contribution >= 0.6 is 23.2 Å². The Hall–Kier alpha value is -2.28. The van der Waals surface area contributed by atoms with E-state index in [0.717, 1.165) is 5.56 Å². The van der Waals surface area contributed by atoms with Gasteiger partial charge in [0, 0.05) is 37.1 Å². The molecule has 0 bridgehead atoms. The van der Waals surface area contributed by atoms with E-state index in [1.807, 2.05) is 0 Å². The number of halogens is 2. The molecular formula is C21H19Cl2NO5. The van der Waals surface area contributed by atoms with E-state index in [9.17, 15) is 9.59 Å². The predicted octanol–water partition coefficient (Wildman–Crippen LogP) is 3.67. The van der Waals surface area contributed by atoms with Crippen LogP contribution in [-0.4, -0.2) is 48.2 Å². The van der Waals surface area contributed by atoms with Gasteiger partial charge in [0.25, 0.3) is 5.91 Å². The molecule has 0 radical (unpaired) electrons. The molecule has 1 amide bonds. The Kier molecular flexibility index (Phi) is 5.42. The Labute approximate surface area is 177 Å². The largest absolute Gasteiger partial charge is 0.491 e. The van der Waals surface area contributed by atoms with E-state index in [2.05, 4.69) is 0 Å². The fourth-order valence-electron chi connectivity index (χ4n) is 3.87. The van der Waals surface area contributed by atoms with Crippen molar-refractivity contribution in [2.24, 2.45) is 0 Å². The molecule has 0 aromatic heterocycles. The van der Waals surface area contributed by atoms with Crippen molar-refractivity contribution in [2.75, 3.05) is 26.3 Å². The molecule has 0 unspecified atom stereocenters. The van der Waals surface area contributed by atoms with Crippen LogP contribution in [0.2, 0.25) is 10.0 Å². The molecule has 152 valence electrons. The molecule has 2 aliphatic heterocycles. The first-order valence-corrected chi connectivity index (χ1v) is 10.0. The molecule has 6 nitrogen and oxygen atoms in total. The SMILES string of the molecule is O=C1OC2(CCN(C(=O)c3ccc(Cl)c(Cl)c3)CC2)c2cc(OCCO)ccc21. The van der Waals surface area contributed by atoms with Gasteiger partial charge in [-0.05, 0) is 36.4 Å². The minimum Gasteiger partial charge on any atom is -0.491 e. The van der Waals surface area contributed by atoms with Gasteiger partial charge in [-0.15, -0.1) is 0 Å². The maximum absolute atomic E-state index is 12.8. The number of aliphatic hydroxyl groups excluding tert-OH is 1. The lowest BCUT2D eigenvalue weighted by Gasteiger charge is -2.38. The number of aliphatic hydroxyl groups is 1. The van der Waals surface area contributed by atoms with Gasteiger partial charge >= 0.3 is 5.97 Å². The number of amides is 1. The molecule has 29 heavy (non-hydrogen) atoms. The zero-order valence-electron chi connectivity index (χ0n) is 15.5. The summed E-state index contributed by atoms with van der Waals surface area (Å²) in [5.41, 5.74) is 1.00. The van der Waals surface area contributed by atoms with Crippen molar-refractivity contribution in [1.29, 1.82) is 0 Å². The van der Waals surface area contributed by atoms with Crippen LogP contribution < -0.4 is 4.74 Å². The van der Waals surface area contributed by atoms with Crippen molar-refractivity contribution in [3.05, 3.63) is 63.1 Å². The third kappa shape index (κ3) is 3.68. The molecule has 2 aliphatic rings. The second-order valence-electron chi connectivity index (χ2n) is 7.08. The van der Waals surface area contributed by atoms with Crippen LogP contribution in [0.15, 0.2) is 36.4 Å². The summed E-state index contributed by atoms with van der Waals surface area (Å²) >= 11 is 12.0. The molecular weight excluding hydrogens is 417 g/mol. The number of esters is 1. The standard InChI is InChI=1S/C21H19Cl2NO5/c22-17-4-1-13(11-18(17)23)19(26)24-7-5-21(6-8-24)16-12-14(28-10-9-25)2-3-15(16)20(27)29-21/h1-4,11-12,25H,5-10H2. The third-order valence-corrected chi connectivity index (χ3v) is 6.11. The normalized spacial score (nSPS) is 17.2. The lowest BCUT2D eigenvalue weighted by molar-refractivity contribution is -0.0390. The van der Waals surface area contributed by atoms with Gasteiger partial charge in [-0.2, -0.15) is 0 Å². The number of likely N-dealkylation sites (tertiary alicyclic amines) is 1. The Morgan fingerprint density at radius 1 is 1.14 bits per heavy atom. The van der Waals surface area contributed by atoms with Crippen molar-refractivity contribution in [1.82, 2.24) is 4.90 Å². The van der Waals surface area contributed by atoms with Crippen LogP contribution in [0, 0.1) is 0 Å². The van der Waals surface area contributed by atoms with E-state index in [-0.39, 0.29) is 25.1 Å². The van der Waals surface area contributed by atoms with E-state index in [4.69, 9.17) is 37.8 Å². The van der Waals surface area contributed by atoms with Crippen LogP contribution in [0.25, 0.3) is 0 Å². The van der Waals surface area contributed by atoms with E-state index < -0.39 is 5.60 Å². The average molecular weight is 436 g/mol. The maximum Gasteiger partial charge on any atom is 0.339 e. The van der Waals surface area contributed by atoms with Gasteiger partial charge in [-0.25, -0.2) is 4.79 Å². The number of carbonyl (C=O) groups excluding carboxylic acids is 2. The molecule has 1 spiro atoms. The zero-order chi connectivity index (χ0) is 20.6. The fraction of sp³-hybridized carbons (Fsp3) is 0.333. The molecule has 4 rings (SSSR count). The molecule has 8 heteroatoms. The lowest BCUT2D eigenvalue weighted by atomic mass is 9.83. The minimum absolute atomic E-state index is 0.0938. The number of carbonyl (C=O) groups is 2. The van der Waals surface area contributed by atoms with E-state index in [0.29, 0.717) is 52.9 Å². The number of benzene rings is 2. The predicted molar refractivity (Wildman–Crippen MR) is 108 cm³/mol. The topological polar surface area (TPSA) is 76.1 Å². The smallest absolute Gasteiger partial charge is 0.339 e. The molecule has 2 aromatic rings. The number of hydrogen-bond donors (Lipinski definition) is 1. The summed E-state index contributed by atoms with van der Waals surface area (Å²) in [5, 5.41) is 9.69. The molecule has 1 fully saturated rings. The zero-order valence-corrected chi connectivity index (χ0v) is 17.0. The van der Waals surface area contributed by atoms with E-state index in [1.54, 1.807) is 41.3 Å². The monoisotopic (exact) mass is 435 g/mol. The summed E-state index contributed by atoms with van der Waals surface area (Å²) in [5.74, 6) is 0.0748. The number of nitrogens with zero attached hydrogens (tertiary/aromatic N) is 1. The van der Waals surface area contributed by atoms with Crippen LogP contribution in [0.3, 0.4) is 0 Å². The summed E-state index contributed by atoms with van der Waals surface area (Å²) in [6, 6.07) is 9.99. The average Bonchev–Trinajstić information content (AvgIpc) is 2.99. The highest BCUT2D eigenvalue weighted by molar-refractivity contribution is 6.42. The summed E-state index contributed by atoms with van der Waals surface area (Å²) in [6.07, 6.45) is 0.977. The Morgan fingerprint density at radius 3 is 2.59 bits per heavy atom. The van der Waals surface area contributed by atoms with Crippen LogP contribution in [-0.2, 0) is 10.3 Å². The Balaban J connectivity index is 1.52. The fourth-order valence-corrected chi connectivity index (χ4v) is 4.17. The van der Waals surface area contributed by atoms with Crippen LogP contribution in [0.5, 0.6) is 5.75 Å². The number of fused-ring (bicyclic) bond motifs is 2. The van der Waals surface area contributed by atoms with Crippen LogP contribution in [0.1, 0.15) is 39.1 Å². The number of piperidine rings is 1. The quantitative estimate of drug-likeness (QED) is 0.741. The second-order valence-corrected chi connectivity index (χ2v) is 7.90. The highest BCUT2D eigenvalue weighted by Gasteiger charge is 2.48. The minimum atomic E-state index is -0.764. The summed E-state index contributed by atoms with van der Waals surface area (Å²) in [7, 11) is 0. The lowest BCUT2D eigenvalue weighted by Crippen LogP contribution is -2.45. The van der Waals surface area contributed by atoms with Gasteiger partial charge in [-0.3, -0.25) is 4.79 Å². The maximum atomic E-state index is 12.8. The van der Waals surface area contributed by atoms with Crippen LogP contribution in [0.4, 0.5) is 0 Å². The van der Waals surface area contributed by atoms with Gasteiger partial charge in [0.15, 0.2) is 0 Å². The molecule has 1 N–H and O–H groups in total. The van der Waals surface area contributed by atoms with E-state index >= 15 is 0 Å². The summed E-state index contributed by atoms with van der Waals surface area (Å²) in [6.45, 7) is 0.955.